The van der Waals surface area contributed by atoms with Gasteiger partial charge in [-0.3, -0.25) is 0 Å². The third kappa shape index (κ3) is 4.03. The van der Waals surface area contributed by atoms with Gasteiger partial charge in [-0.1, -0.05) is 6.58 Å². The Morgan fingerprint density at radius 3 is 2.56 bits per heavy atom. The van der Waals surface area contributed by atoms with Gasteiger partial charge < -0.3 is 9.64 Å². The van der Waals surface area contributed by atoms with E-state index in [1.165, 1.54) is 0 Å². The molecule has 0 radical (unpaired) electrons. The Labute approximate surface area is 57.1 Å². The van der Waals surface area contributed by atoms with E-state index in [0.29, 0.717) is 0 Å². The zero-order valence-electron chi connectivity index (χ0n) is 6.48. The molecule has 2 heteroatoms. The summed E-state index contributed by atoms with van der Waals surface area (Å²) in [6, 6.07) is 0. The summed E-state index contributed by atoms with van der Waals surface area (Å²) < 4.78 is 4.88. The number of likely N-dealkylation sites (N-methyl/N-ethyl adjacent to an activating group) is 1. The monoisotopic (exact) mass is 129 g/mol. The summed E-state index contributed by atoms with van der Waals surface area (Å²) in [6.07, 6.45) is 0. The first-order valence-corrected chi connectivity index (χ1v) is 3.04. The Hall–Kier alpha value is -0.500. The maximum absolute atomic E-state index is 4.88. The molecule has 0 aliphatic heterocycles. The molecular weight excluding hydrogens is 114 g/mol. The summed E-state index contributed by atoms with van der Waals surface area (Å²) in [5.74, 6) is 0. The summed E-state index contributed by atoms with van der Waals surface area (Å²) in [5, 5.41) is 0. The summed E-state index contributed by atoms with van der Waals surface area (Å²) in [5.41, 5.74) is 1.08. The van der Waals surface area contributed by atoms with E-state index >= 15 is 0 Å². The van der Waals surface area contributed by atoms with E-state index in [1.807, 2.05) is 14.0 Å². The summed E-state index contributed by atoms with van der Waals surface area (Å²) >= 11 is 0. The highest BCUT2D eigenvalue weighted by Crippen LogP contribution is 1.93. The Bertz CT molecular complexity index is 90.9. The molecule has 0 N–H and O–H groups in total. The van der Waals surface area contributed by atoms with Crippen molar-refractivity contribution in [3.05, 3.63) is 12.3 Å². The van der Waals surface area contributed by atoms with Crippen LogP contribution in [0.2, 0.25) is 0 Å². The molecule has 2 nitrogen and oxygen atoms in total. The second kappa shape index (κ2) is 4.39. The van der Waals surface area contributed by atoms with Crippen LogP contribution in [-0.2, 0) is 4.74 Å². The van der Waals surface area contributed by atoms with E-state index < -0.39 is 0 Å². The first kappa shape index (κ1) is 8.50. The number of nitrogens with zero attached hydrogens (tertiary/aromatic N) is 1. The zero-order valence-corrected chi connectivity index (χ0v) is 6.48. The number of ether oxygens (including phenoxy) is 1. The Morgan fingerprint density at radius 1 is 1.67 bits per heavy atom. The van der Waals surface area contributed by atoms with Crippen molar-refractivity contribution in [2.75, 3.05) is 27.3 Å². The largest absolute Gasteiger partial charge is 0.383 e. The minimum atomic E-state index is 0.767. The van der Waals surface area contributed by atoms with Crippen LogP contribution in [0.25, 0.3) is 0 Å². The summed E-state index contributed by atoms with van der Waals surface area (Å²) in [6.45, 7) is 7.45. The lowest BCUT2D eigenvalue weighted by atomic mass is 10.5. The Morgan fingerprint density at radius 2 is 2.22 bits per heavy atom. The molecule has 0 rings (SSSR count). The molecule has 0 saturated heterocycles. The average Bonchev–Trinajstić information content (AvgIpc) is 1.82. The van der Waals surface area contributed by atoms with Gasteiger partial charge in [-0.15, -0.1) is 0 Å². The van der Waals surface area contributed by atoms with Gasteiger partial charge in [-0.25, -0.2) is 0 Å². The van der Waals surface area contributed by atoms with E-state index in [-0.39, 0.29) is 0 Å². The molecule has 0 aromatic carbocycles. The van der Waals surface area contributed by atoms with Crippen LogP contribution < -0.4 is 0 Å². The van der Waals surface area contributed by atoms with Gasteiger partial charge in [-0.05, 0) is 6.92 Å². The van der Waals surface area contributed by atoms with E-state index in [4.69, 9.17) is 4.74 Å². The van der Waals surface area contributed by atoms with Gasteiger partial charge in [0.2, 0.25) is 0 Å². The van der Waals surface area contributed by atoms with Crippen molar-refractivity contribution in [1.82, 2.24) is 4.90 Å². The Balaban J connectivity index is 3.27. The highest BCUT2D eigenvalue weighted by molar-refractivity contribution is 4.85. The highest BCUT2D eigenvalue weighted by Gasteiger charge is 1.92. The molecule has 0 aromatic heterocycles. The fraction of sp³-hybridized carbons (Fsp3) is 0.714. The quantitative estimate of drug-likeness (QED) is 0.563. The predicted octanol–water partition coefficient (Wildman–Crippen LogP) is 1.10. The van der Waals surface area contributed by atoms with Gasteiger partial charge in [0.05, 0.1) is 6.61 Å². The molecule has 0 aliphatic carbocycles. The fourth-order valence-corrected chi connectivity index (χ4v) is 0.419. The minimum absolute atomic E-state index is 0.767. The van der Waals surface area contributed by atoms with Gasteiger partial charge in [0, 0.05) is 26.4 Å². The van der Waals surface area contributed by atoms with Gasteiger partial charge in [0.25, 0.3) is 0 Å². The van der Waals surface area contributed by atoms with Crippen LogP contribution in [0.15, 0.2) is 12.3 Å². The average molecular weight is 129 g/mol. The minimum Gasteiger partial charge on any atom is -0.383 e. The number of allylic oxidation sites excluding steroid dienone is 1. The fourth-order valence-electron chi connectivity index (χ4n) is 0.419. The lowest BCUT2D eigenvalue weighted by molar-refractivity contribution is 0.174. The maximum atomic E-state index is 4.88. The van der Waals surface area contributed by atoms with Crippen LogP contribution in [0.4, 0.5) is 0 Å². The Kier molecular flexibility index (Phi) is 4.14. The van der Waals surface area contributed by atoms with Crippen LogP contribution in [0, 0.1) is 0 Å². The van der Waals surface area contributed by atoms with E-state index in [9.17, 15) is 0 Å². The maximum Gasteiger partial charge on any atom is 0.0637 e. The smallest absolute Gasteiger partial charge is 0.0637 e. The molecule has 9 heavy (non-hydrogen) atoms. The van der Waals surface area contributed by atoms with E-state index in [2.05, 4.69) is 11.5 Å². The number of hydrogen-bond donors (Lipinski definition) is 0. The van der Waals surface area contributed by atoms with E-state index in [1.54, 1.807) is 7.11 Å². The molecule has 0 aliphatic rings. The summed E-state index contributed by atoms with van der Waals surface area (Å²) in [4.78, 5) is 2.06. The van der Waals surface area contributed by atoms with Gasteiger partial charge in [-0.2, -0.15) is 0 Å². The van der Waals surface area contributed by atoms with Crippen molar-refractivity contribution in [1.29, 1.82) is 0 Å². The molecule has 0 amide bonds. The molecule has 0 aromatic rings. The first-order valence-electron chi connectivity index (χ1n) is 3.04. The molecule has 0 fully saturated rings. The second-order valence-electron chi connectivity index (χ2n) is 2.15. The van der Waals surface area contributed by atoms with Crippen LogP contribution in [0.5, 0.6) is 0 Å². The molecule has 0 spiro atoms. The molecule has 0 atom stereocenters. The van der Waals surface area contributed by atoms with E-state index in [0.717, 1.165) is 18.8 Å². The van der Waals surface area contributed by atoms with Crippen LogP contribution >= 0.6 is 0 Å². The number of rotatable bonds is 4. The lowest BCUT2D eigenvalue weighted by Crippen LogP contribution is -2.19. The van der Waals surface area contributed by atoms with Gasteiger partial charge >= 0.3 is 0 Å². The van der Waals surface area contributed by atoms with Crippen molar-refractivity contribution >= 4 is 0 Å². The van der Waals surface area contributed by atoms with Crippen LogP contribution in [0.1, 0.15) is 6.92 Å². The lowest BCUT2D eigenvalue weighted by Gasteiger charge is -2.17. The van der Waals surface area contributed by atoms with Crippen molar-refractivity contribution < 1.29 is 4.74 Å². The molecule has 0 bridgehead atoms. The molecule has 54 valence electrons. The second-order valence-corrected chi connectivity index (χ2v) is 2.15. The highest BCUT2D eigenvalue weighted by atomic mass is 16.5. The molecule has 0 saturated carbocycles. The van der Waals surface area contributed by atoms with Crippen molar-refractivity contribution in [3.63, 3.8) is 0 Å². The van der Waals surface area contributed by atoms with Gasteiger partial charge in [0.1, 0.15) is 0 Å². The standard InChI is InChI=1S/C7H15NO/c1-7(2)8(3)5-6-9-4/h1,5-6H2,2-4H3. The predicted molar refractivity (Wildman–Crippen MR) is 39.3 cm³/mol. The molecule has 0 unspecified atom stereocenters. The third-order valence-corrected chi connectivity index (χ3v) is 1.28. The number of hydrogen-bond acceptors (Lipinski definition) is 2. The van der Waals surface area contributed by atoms with Crippen LogP contribution in [0.3, 0.4) is 0 Å². The number of methoxy groups -OCH3 is 1. The SMILES string of the molecule is C=C(C)N(C)CCOC. The topological polar surface area (TPSA) is 12.5 Å². The van der Waals surface area contributed by atoms with Crippen molar-refractivity contribution in [2.24, 2.45) is 0 Å². The van der Waals surface area contributed by atoms with Gasteiger partial charge in [0.15, 0.2) is 0 Å². The molecular formula is C7H15NO. The van der Waals surface area contributed by atoms with Crippen LogP contribution in [-0.4, -0.2) is 32.2 Å². The summed E-state index contributed by atoms with van der Waals surface area (Å²) in [7, 11) is 3.70. The normalized spacial score (nSPS) is 9.22. The van der Waals surface area contributed by atoms with Crippen molar-refractivity contribution in [3.8, 4) is 0 Å². The first-order chi connectivity index (χ1) is 4.18. The third-order valence-electron chi connectivity index (χ3n) is 1.28. The van der Waals surface area contributed by atoms with Crippen molar-refractivity contribution in [2.45, 2.75) is 6.92 Å². The molecule has 0 heterocycles. The zero-order chi connectivity index (χ0) is 7.28.